The summed E-state index contributed by atoms with van der Waals surface area (Å²) >= 11 is 0. The van der Waals surface area contributed by atoms with Crippen molar-refractivity contribution in [3.8, 4) is 11.5 Å². The van der Waals surface area contributed by atoms with E-state index in [0.29, 0.717) is 34.0 Å². The van der Waals surface area contributed by atoms with E-state index in [9.17, 15) is 18.0 Å². The predicted octanol–water partition coefficient (Wildman–Crippen LogP) is 3.20. The first-order valence-corrected chi connectivity index (χ1v) is 11.2. The van der Waals surface area contributed by atoms with Crippen LogP contribution in [0.2, 0.25) is 0 Å². The summed E-state index contributed by atoms with van der Waals surface area (Å²) in [5.74, 6) is -0.589. The van der Waals surface area contributed by atoms with E-state index >= 15 is 0 Å². The quantitative estimate of drug-likeness (QED) is 0.487. The molecule has 0 radical (unpaired) electrons. The molecule has 1 heterocycles. The minimum atomic E-state index is -4.22. The molecule has 0 aromatic heterocycles. The third kappa shape index (κ3) is 4.29. The lowest BCUT2D eigenvalue weighted by Crippen LogP contribution is -2.39. The number of sulfonamides is 1. The van der Waals surface area contributed by atoms with Gasteiger partial charge in [0.1, 0.15) is 0 Å². The van der Waals surface area contributed by atoms with E-state index in [-0.39, 0.29) is 12.1 Å². The molecule has 0 spiro atoms. The van der Waals surface area contributed by atoms with Gasteiger partial charge in [-0.25, -0.2) is 13.2 Å². The second-order valence-electron chi connectivity index (χ2n) is 7.03. The van der Waals surface area contributed by atoms with Crippen LogP contribution in [0.25, 0.3) is 5.57 Å². The normalized spacial score (nSPS) is 14.2. The van der Waals surface area contributed by atoms with Gasteiger partial charge >= 0.3 is 5.97 Å². The SMILES string of the molecule is C=CCN1c2cc(OC)c(OC)cc2C(C)=C(C(=O)Nc2ccc(C(=O)OC)cc2)S1(=O)=O. The highest BCUT2D eigenvalue weighted by Crippen LogP contribution is 2.45. The van der Waals surface area contributed by atoms with Crippen molar-refractivity contribution in [2.45, 2.75) is 6.92 Å². The van der Waals surface area contributed by atoms with Crippen molar-refractivity contribution >= 4 is 38.8 Å². The zero-order valence-corrected chi connectivity index (χ0v) is 19.5. The van der Waals surface area contributed by atoms with Crippen LogP contribution in [0.3, 0.4) is 0 Å². The molecule has 0 saturated heterocycles. The van der Waals surface area contributed by atoms with Gasteiger partial charge in [0.05, 0.1) is 39.1 Å². The molecule has 2 aromatic rings. The lowest BCUT2D eigenvalue weighted by Gasteiger charge is -2.32. The van der Waals surface area contributed by atoms with Crippen LogP contribution in [0.4, 0.5) is 11.4 Å². The van der Waals surface area contributed by atoms with Crippen LogP contribution in [0.5, 0.6) is 11.5 Å². The summed E-state index contributed by atoms with van der Waals surface area (Å²) in [4.78, 5) is 24.4. The molecule has 0 aliphatic carbocycles. The van der Waals surface area contributed by atoms with Gasteiger partial charge in [-0.05, 0) is 42.8 Å². The number of hydrogen-bond donors (Lipinski definition) is 1. The Balaban J connectivity index is 2.10. The molecule has 1 amide bonds. The number of esters is 1. The van der Waals surface area contributed by atoms with Gasteiger partial charge in [-0.1, -0.05) is 6.08 Å². The van der Waals surface area contributed by atoms with E-state index < -0.39 is 26.8 Å². The average molecular weight is 473 g/mol. The predicted molar refractivity (Wildman–Crippen MR) is 125 cm³/mol. The van der Waals surface area contributed by atoms with Gasteiger partial charge in [0.25, 0.3) is 15.9 Å². The number of rotatable bonds is 7. The molecule has 3 rings (SSSR count). The molecule has 2 aromatic carbocycles. The topological polar surface area (TPSA) is 111 Å². The lowest BCUT2D eigenvalue weighted by molar-refractivity contribution is -0.112. The van der Waals surface area contributed by atoms with E-state index in [2.05, 4.69) is 16.6 Å². The molecule has 1 aliphatic rings. The summed E-state index contributed by atoms with van der Waals surface area (Å²) in [6.07, 6.45) is 1.43. The zero-order chi connectivity index (χ0) is 24.3. The summed E-state index contributed by atoms with van der Waals surface area (Å²) in [5.41, 5.74) is 1.73. The second kappa shape index (κ2) is 9.37. The molecule has 0 bridgehead atoms. The molecule has 9 nitrogen and oxygen atoms in total. The number of nitrogens with zero attached hydrogens (tertiary/aromatic N) is 1. The van der Waals surface area contributed by atoms with Crippen molar-refractivity contribution in [1.82, 2.24) is 0 Å². The number of carbonyl (C=O) groups excluding carboxylic acids is 2. The highest BCUT2D eigenvalue weighted by atomic mass is 32.2. The summed E-state index contributed by atoms with van der Waals surface area (Å²) in [7, 11) is -0.0377. The lowest BCUT2D eigenvalue weighted by atomic mass is 10.0. The first-order chi connectivity index (χ1) is 15.7. The van der Waals surface area contributed by atoms with Crippen LogP contribution in [-0.4, -0.2) is 48.2 Å². The Labute approximate surface area is 192 Å². The van der Waals surface area contributed by atoms with E-state index in [1.54, 1.807) is 19.1 Å². The number of ether oxygens (including phenoxy) is 3. The van der Waals surface area contributed by atoms with Gasteiger partial charge in [-0.3, -0.25) is 9.10 Å². The van der Waals surface area contributed by atoms with Crippen LogP contribution < -0.4 is 19.1 Å². The molecule has 1 aliphatic heterocycles. The number of fused-ring (bicyclic) bond motifs is 1. The number of allylic oxidation sites excluding steroid dienone is 1. The fraction of sp³-hybridized carbons (Fsp3) is 0.217. The monoisotopic (exact) mass is 472 g/mol. The largest absolute Gasteiger partial charge is 0.493 e. The molecule has 0 fully saturated rings. The second-order valence-corrected chi connectivity index (χ2v) is 8.83. The van der Waals surface area contributed by atoms with Crippen LogP contribution in [0.15, 0.2) is 54.0 Å². The number of benzene rings is 2. The number of methoxy groups -OCH3 is 3. The van der Waals surface area contributed by atoms with Gasteiger partial charge in [-0.2, -0.15) is 0 Å². The molecule has 33 heavy (non-hydrogen) atoms. The van der Waals surface area contributed by atoms with Crippen molar-refractivity contribution in [2.75, 3.05) is 37.5 Å². The summed E-state index contributed by atoms with van der Waals surface area (Å²) in [5, 5.41) is 2.59. The fourth-order valence-electron chi connectivity index (χ4n) is 3.53. The van der Waals surface area contributed by atoms with Gasteiger partial charge < -0.3 is 19.5 Å². The van der Waals surface area contributed by atoms with Gasteiger partial charge in [0, 0.05) is 17.3 Å². The minimum Gasteiger partial charge on any atom is -0.493 e. The van der Waals surface area contributed by atoms with Crippen molar-refractivity contribution in [2.24, 2.45) is 0 Å². The Hall–Kier alpha value is -3.79. The van der Waals surface area contributed by atoms with E-state index in [1.165, 1.54) is 51.7 Å². The number of anilines is 2. The first kappa shape index (κ1) is 23.9. The highest BCUT2D eigenvalue weighted by Gasteiger charge is 2.40. The van der Waals surface area contributed by atoms with Gasteiger partial charge in [0.15, 0.2) is 16.4 Å². The third-order valence-corrected chi connectivity index (χ3v) is 7.06. The maximum Gasteiger partial charge on any atom is 0.337 e. The maximum atomic E-state index is 13.5. The Morgan fingerprint density at radius 3 is 2.21 bits per heavy atom. The summed E-state index contributed by atoms with van der Waals surface area (Å²) in [6.45, 7) is 5.14. The van der Waals surface area contributed by atoms with Gasteiger partial charge in [0.2, 0.25) is 0 Å². The smallest absolute Gasteiger partial charge is 0.337 e. The van der Waals surface area contributed by atoms with Crippen molar-refractivity contribution in [3.05, 3.63) is 65.1 Å². The van der Waals surface area contributed by atoms with Crippen molar-refractivity contribution in [1.29, 1.82) is 0 Å². The molecular weight excluding hydrogens is 448 g/mol. The van der Waals surface area contributed by atoms with E-state index in [1.807, 2.05) is 0 Å². The molecular formula is C23H24N2O7S. The van der Waals surface area contributed by atoms with E-state index in [4.69, 9.17) is 9.47 Å². The van der Waals surface area contributed by atoms with Crippen LogP contribution in [0.1, 0.15) is 22.8 Å². The van der Waals surface area contributed by atoms with E-state index in [0.717, 1.165) is 4.31 Å². The number of nitrogens with one attached hydrogen (secondary N) is 1. The molecule has 174 valence electrons. The van der Waals surface area contributed by atoms with Crippen LogP contribution >= 0.6 is 0 Å². The Kier molecular flexibility index (Phi) is 6.78. The van der Waals surface area contributed by atoms with Gasteiger partial charge in [-0.15, -0.1) is 6.58 Å². The van der Waals surface area contributed by atoms with Crippen molar-refractivity contribution < 1.29 is 32.2 Å². The Morgan fingerprint density at radius 1 is 1.06 bits per heavy atom. The molecule has 10 heteroatoms. The molecule has 1 N–H and O–H groups in total. The van der Waals surface area contributed by atoms with Crippen LogP contribution in [0, 0.1) is 0 Å². The van der Waals surface area contributed by atoms with Crippen molar-refractivity contribution in [3.63, 3.8) is 0 Å². The number of hydrogen-bond acceptors (Lipinski definition) is 7. The standard InChI is InChI=1S/C23H24N2O7S/c1-6-11-25-18-13-20(31-4)19(30-3)12-17(18)14(2)21(33(25,28)29)22(26)24-16-9-7-15(8-10-16)23(27)32-5/h6-10,12-13H,1,11H2,2-5H3,(H,24,26). The van der Waals surface area contributed by atoms with Crippen LogP contribution in [-0.2, 0) is 19.6 Å². The number of carbonyl (C=O) groups is 2. The number of amides is 1. The average Bonchev–Trinajstić information content (AvgIpc) is 2.80. The molecule has 0 unspecified atom stereocenters. The maximum absolute atomic E-state index is 13.5. The third-order valence-electron chi connectivity index (χ3n) is 5.13. The fourth-order valence-corrected chi connectivity index (χ4v) is 5.24. The highest BCUT2D eigenvalue weighted by molar-refractivity contribution is 7.97. The minimum absolute atomic E-state index is 0.0529. The summed E-state index contributed by atoms with van der Waals surface area (Å²) < 4.78 is 43.4. The Morgan fingerprint density at radius 2 is 1.67 bits per heavy atom. The first-order valence-electron chi connectivity index (χ1n) is 9.80. The Bertz CT molecular complexity index is 1250. The molecule has 0 saturated carbocycles. The molecule has 0 atom stereocenters. The summed E-state index contributed by atoms with van der Waals surface area (Å²) in [6, 6.07) is 9.09. The zero-order valence-electron chi connectivity index (χ0n) is 18.7.